The highest BCUT2D eigenvalue weighted by Crippen LogP contribution is 2.54. The first-order valence-electron chi connectivity index (χ1n) is 13.3. The first-order valence-corrected chi connectivity index (χ1v) is 13.3. The Morgan fingerprint density at radius 3 is 2.79 bits per heavy atom. The summed E-state index contributed by atoms with van der Waals surface area (Å²) in [6.07, 6.45) is 8.74. The zero-order valence-electron chi connectivity index (χ0n) is 22.1. The minimum Gasteiger partial charge on any atom is -0.396 e. The lowest BCUT2D eigenvalue weighted by atomic mass is 9.98. The van der Waals surface area contributed by atoms with Gasteiger partial charge in [-0.15, -0.1) is 0 Å². The third-order valence-corrected chi connectivity index (χ3v) is 8.05. The van der Waals surface area contributed by atoms with E-state index in [4.69, 9.17) is 10.5 Å². The third-order valence-electron chi connectivity index (χ3n) is 8.05. The molecule has 0 unspecified atom stereocenters. The molecule has 1 saturated heterocycles. The number of nitrogens with zero attached hydrogens (tertiary/aromatic N) is 5. The standard InChI is InChI=1S/C29H32FN7O2/c1-17-3-4-32-14-22(17)21-11-19-12-24(33-15-23(19)28(31)27(21)30)35-29(38)26-18(2)25(26)20-13-34-37(16-20)6-5-36-7-9-39-10-8-36/h3-4,11-16,18,25-26H,5-10,31H2,1-2H3,(H,33,35,38)/t18-,25+,26-/m0/s1. The molecule has 2 fully saturated rings. The number of carbonyl (C=O) groups is 1. The van der Waals surface area contributed by atoms with Crippen LogP contribution in [0.5, 0.6) is 0 Å². The monoisotopic (exact) mass is 529 g/mol. The fourth-order valence-corrected chi connectivity index (χ4v) is 5.64. The fourth-order valence-electron chi connectivity index (χ4n) is 5.64. The summed E-state index contributed by atoms with van der Waals surface area (Å²) in [5, 5.41) is 8.69. The molecule has 1 aliphatic carbocycles. The van der Waals surface area contributed by atoms with Gasteiger partial charge in [-0.2, -0.15) is 5.10 Å². The molecule has 1 saturated carbocycles. The topological polar surface area (TPSA) is 111 Å². The van der Waals surface area contributed by atoms with E-state index in [0.29, 0.717) is 27.7 Å². The average Bonchev–Trinajstić information content (AvgIpc) is 3.39. The minimum atomic E-state index is -0.502. The molecule has 1 amide bonds. The van der Waals surface area contributed by atoms with Crippen LogP contribution in [-0.2, 0) is 16.1 Å². The molecule has 1 aromatic carbocycles. The highest BCUT2D eigenvalue weighted by atomic mass is 19.1. The predicted octanol–water partition coefficient (Wildman–Crippen LogP) is 3.84. The van der Waals surface area contributed by atoms with Crippen LogP contribution in [0.1, 0.15) is 24.0 Å². The molecule has 9 nitrogen and oxygen atoms in total. The van der Waals surface area contributed by atoms with Crippen molar-refractivity contribution in [3.63, 3.8) is 0 Å². The number of aromatic nitrogens is 4. The molecule has 4 aromatic rings. The quantitative estimate of drug-likeness (QED) is 0.350. The number of rotatable bonds is 7. The Hall–Kier alpha value is -3.89. The smallest absolute Gasteiger partial charge is 0.229 e. The Kier molecular flexibility index (Phi) is 6.74. The second-order valence-corrected chi connectivity index (χ2v) is 10.5. The number of nitrogens with one attached hydrogen (secondary N) is 1. The van der Waals surface area contributed by atoms with Crippen LogP contribution >= 0.6 is 0 Å². The van der Waals surface area contributed by atoms with Crippen molar-refractivity contribution in [1.82, 2.24) is 24.6 Å². The van der Waals surface area contributed by atoms with Gasteiger partial charge in [0.2, 0.25) is 5.91 Å². The SMILES string of the molecule is Cc1ccncc1-c1cc2cc(NC(=O)[C@H]3[C@@H](C)[C@@H]3c3cnn(CCN4CCOCC4)c3)ncc2c(N)c1F. The van der Waals surface area contributed by atoms with Gasteiger partial charge in [0.1, 0.15) is 5.82 Å². The Morgan fingerprint density at radius 1 is 1.18 bits per heavy atom. The Labute approximate surface area is 226 Å². The second-order valence-electron chi connectivity index (χ2n) is 10.5. The van der Waals surface area contributed by atoms with Gasteiger partial charge in [0.15, 0.2) is 5.82 Å². The zero-order chi connectivity index (χ0) is 27.1. The molecular weight excluding hydrogens is 497 g/mol. The zero-order valence-corrected chi connectivity index (χ0v) is 22.1. The van der Waals surface area contributed by atoms with Gasteiger partial charge in [-0.25, -0.2) is 9.37 Å². The van der Waals surface area contributed by atoms with Crippen LogP contribution in [0.25, 0.3) is 21.9 Å². The molecule has 6 rings (SSSR count). The maximum atomic E-state index is 15.1. The summed E-state index contributed by atoms with van der Waals surface area (Å²) < 4.78 is 22.5. The molecule has 1 aliphatic heterocycles. The number of hydrogen-bond donors (Lipinski definition) is 2. The summed E-state index contributed by atoms with van der Waals surface area (Å²) in [6.45, 7) is 9.18. The highest BCUT2D eigenvalue weighted by Gasteiger charge is 2.53. The van der Waals surface area contributed by atoms with E-state index >= 15 is 4.39 Å². The number of hydrogen-bond acceptors (Lipinski definition) is 7. The summed E-state index contributed by atoms with van der Waals surface area (Å²) >= 11 is 0. The Balaban J connectivity index is 1.16. The van der Waals surface area contributed by atoms with Gasteiger partial charge in [-0.1, -0.05) is 6.92 Å². The van der Waals surface area contributed by atoms with Crippen molar-refractivity contribution in [1.29, 1.82) is 0 Å². The number of ether oxygens (including phenoxy) is 1. The Morgan fingerprint density at radius 2 is 2.00 bits per heavy atom. The van der Waals surface area contributed by atoms with E-state index in [0.717, 1.165) is 50.5 Å². The van der Waals surface area contributed by atoms with Gasteiger partial charge in [0.25, 0.3) is 0 Å². The maximum Gasteiger partial charge on any atom is 0.229 e. The van der Waals surface area contributed by atoms with E-state index in [9.17, 15) is 4.79 Å². The minimum absolute atomic E-state index is 0.0256. The lowest BCUT2D eigenvalue weighted by Gasteiger charge is -2.26. The summed E-state index contributed by atoms with van der Waals surface area (Å²) in [4.78, 5) is 24.1. The Bertz CT molecular complexity index is 1530. The number of benzene rings is 1. The van der Waals surface area contributed by atoms with E-state index in [2.05, 4.69) is 38.4 Å². The van der Waals surface area contributed by atoms with Crippen LogP contribution in [0.4, 0.5) is 15.9 Å². The van der Waals surface area contributed by atoms with Crippen LogP contribution in [0, 0.1) is 24.6 Å². The van der Waals surface area contributed by atoms with Crippen molar-refractivity contribution < 1.29 is 13.9 Å². The maximum absolute atomic E-state index is 15.1. The van der Waals surface area contributed by atoms with Crippen LogP contribution < -0.4 is 11.1 Å². The number of nitrogen functional groups attached to an aromatic ring is 1. The number of pyridine rings is 2. The van der Waals surface area contributed by atoms with Gasteiger partial charge >= 0.3 is 0 Å². The van der Waals surface area contributed by atoms with E-state index in [1.807, 2.05) is 23.9 Å². The van der Waals surface area contributed by atoms with Crippen molar-refractivity contribution in [2.75, 3.05) is 43.9 Å². The van der Waals surface area contributed by atoms with E-state index in [1.54, 1.807) is 24.5 Å². The largest absolute Gasteiger partial charge is 0.396 e. The van der Waals surface area contributed by atoms with Crippen molar-refractivity contribution in [3.05, 3.63) is 66.1 Å². The molecule has 3 atom stereocenters. The highest BCUT2D eigenvalue weighted by molar-refractivity contribution is 6.00. The van der Waals surface area contributed by atoms with E-state index in [-0.39, 0.29) is 29.3 Å². The van der Waals surface area contributed by atoms with Crippen LogP contribution in [0.3, 0.4) is 0 Å². The van der Waals surface area contributed by atoms with E-state index < -0.39 is 5.82 Å². The lowest BCUT2D eigenvalue weighted by Crippen LogP contribution is -2.38. The molecular formula is C29H32FN7O2. The average molecular weight is 530 g/mol. The molecule has 3 N–H and O–H groups in total. The third kappa shape index (κ3) is 4.97. The first kappa shape index (κ1) is 25.4. The molecule has 2 aliphatic rings. The summed E-state index contributed by atoms with van der Waals surface area (Å²) in [6, 6.07) is 5.30. The second kappa shape index (κ2) is 10.3. The van der Waals surface area contributed by atoms with Crippen molar-refractivity contribution in [2.45, 2.75) is 26.3 Å². The molecule has 202 valence electrons. The number of nitrogens with two attached hydrogens (primary N) is 1. The van der Waals surface area contributed by atoms with Gasteiger partial charge < -0.3 is 15.8 Å². The lowest BCUT2D eigenvalue weighted by molar-refractivity contribution is -0.117. The number of halogens is 1. The normalized spacial score (nSPS) is 21.3. The molecule has 39 heavy (non-hydrogen) atoms. The number of amides is 1. The van der Waals surface area contributed by atoms with E-state index in [1.165, 1.54) is 6.20 Å². The molecule has 0 bridgehead atoms. The summed E-state index contributed by atoms with van der Waals surface area (Å²) in [5.74, 6) is -0.0198. The summed E-state index contributed by atoms with van der Waals surface area (Å²) in [7, 11) is 0. The molecule has 0 radical (unpaired) electrons. The number of carbonyl (C=O) groups excluding carboxylic acids is 1. The number of fused-ring (bicyclic) bond motifs is 1. The van der Waals surface area contributed by atoms with Gasteiger partial charge in [-0.3, -0.25) is 19.4 Å². The summed E-state index contributed by atoms with van der Waals surface area (Å²) in [5.41, 5.74) is 9.18. The van der Waals surface area contributed by atoms with Crippen LogP contribution in [0.2, 0.25) is 0 Å². The fraction of sp³-hybridized carbons (Fsp3) is 0.379. The predicted molar refractivity (Wildman–Crippen MR) is 148 cm³/mol. The number of morpholine rings is 1. The van der Waals surface area contributed by atoms with Crippen molar-refractivity contribution in [2.24, 2.45) is 11.8 Å². The first-order chi connectivity index (χ1) is 18.9. The molecule has 10 heteroatoms. The number of aryl methyl sites for hydroxylation is 1. The van der Waals surface area contributed by atoms with Crippen LogP contribution in [0.15, 0.2) is 49.2 Å². The van der Waals surface area contributed by atoms with Crippen molar-refractivity contribution >= 4 is 28.2 Å². The molecule has 3 aromatic heterocycles. The number of anilines is 2. The van der Waals surface area contributed by atoms with Gasteiger partial charge in [0.05, 0.1) is 31.6 Å². The van der Waals surface area contributed by atoms with Crippen molar-refractivity contribution in [3.8, 4) is 11.1 Å². The van der Waals surface area contributed by atoms with Gasteiger partial charge in [0, 0.05) is 72.8 Å². The van der Waals surface area contributed by atoms with Crippen LogP contribution in [-0.4, -0.2) is 63.4 Å². The molecule has 0 spiro atoms. The van der Waals surface area contributed by atoms with Gasteiger partial charge in [-0.05, 0) is 47.6 Å². The molecule has 4 heterocycles.